The Morgan fingerprint density at radius 2 is 2.08 bits per heavy atom. The van der Waals surface area contributed by atoms with Gasteiger partial charge in [-0.1, -0.05) is 20.3 Å². The van der Waals surface area contributed by atoms with Crippen molar-refractivity contribution in [3.05, 3.63) is 36.2 Å². The summed E-state index contributed by atoms with van der Waals surface area (Å²) in [6.07, 6.45) is 4.83. The quantitative estimate of drug-likeness (QED) is 0.875. The minimum Gasteiger partial charge on any atom is -0.441 e. The molecule has 1 amide bonds. The molecule has 0 bridgehead atoms. The first-order valence-electron chi connectivity index (χ1n) is 8.65. The fourth-order valence-corrected chi connectivity index (χ4v) is 3.28. The van der Waals surface area contributed by atoms with Crippen molar-refractivity contribution in [1.82, 2.24) is 4.98 Å². The van der Waals surface area contributed by atoms with E-state index in [4.69, 9.17) is 10.2 Å². The van der Waals surface area contributed by atoms with Gasteiger partial charge in [0.25, 0.3) is 0 Å². The van der Waals surface area contributed by atoms with Crippen LogP contribution < -0.4 is 11.1 Å². The third-order valence-electron chi connectivity index (χ3n) is 4.79. The number of oxazole rings is 1. The van der Waals surface area contributed by atoms with Crippen molar-refractivity contribution in [3.63, 3.8) is 0 Å². The first-order valence-corrected chi connectivity index (χ1v) is 8.65. The summed E-state index contributed by atoms with van der Waals surface area (Å²) in [6.45, 7) is 4.72. The second-order valence-electron chi connectivity index (χ2n) is 6.82. The molecule has 5 heteroatoms. The number of carbonyl (C=O) groups is 1. The molecule has 2 atom stereocenters. The number of benzene rings is 1. The third-order valence-corrected chi connectivity index (χ3v) is 4.79. The van der Waals surface area contributed by atoms with Crippen LogP contribution in [-0.2, 0) is 4.79 Å². The van der Waals surface area contributed by atoms with E-state index in [1.807, 2.05) is 24.3 Å². The van der Waals surface area contributed by atoms with Gasteiger partial charge in [-0.15, -0.1) is 0 Å². The van der Waals surface area contributed by atoms with Gasteiger partial charge in [0.15, 0.2) is 0 Å². The van der Waals surface area contributed by atoms with Crippen molar-refractivity contribution in [2.24, 2.45) is 17.6 Å². The highest BCUT2D eigenvalue weighted by Crippen LogP contribution is 2.32. The second-order valence-corrected chi connectivity index (χ2v) is 6.82. The van der Waals surface area contributed by atoms with Gasteiger partial charge in [0, 0.05) is 23.1 Å². The van der Waals surface area contributed by atoms with Crippen LogP contribution in [0.5, 0.6) is 0 Å². The molecule has 1 fully saturated rings. The summed E-state index contributed by atoms with van der Waals surface area (Å²) < 4.78 is 5.75. The summed E-state index contributed by atoms with van der Waals surface area (Å²) in [6, 6.07) is 7.61. The van der Waals surface area contributed by atoms with E-state index in [-0.39, 0.29) is 11.8 Å². The van der Waals surface area contributed by atoms with E-state index in [0.29, 0.717) is 24.3 Å². The van der Waals surface area contributed by atoms with E-state index < -0.39 is 0 Å². The van der Waals surface area contributed by atoms with E-state index >= 15 is 0 Å². The zero-order valence-corrected chi connectivity index (χ0v) is 14.3. The molecule has 3 rings (SSSR count). The van der Waals surface area contributed by atoms with Crippen molar-refractivity contribution < 1.29 is 9.21 Å². The van der Waals surface area contributed by atoms with Gasteiger partial charge in [0.1, 0.15) is 5.76 Å². The smallest absolute Gasteiger partial charge is 0.227 e. The maximum atomic E-state index is 12.4. The van der Waals surface area contributed by atoms with Crippen LogP contribution in [0.3, 0.4) is 0 Å². The number of rotatable bonds is 5. The van der Waals surface area contributed by atoms with Crippen LogP contribution >= 0.6 is 0 Å². The van der Waals surface area contributed by atoms with Gasteiger partial charge in [0.05, 0.1) is 6.20 Å². The highest BCUT2D eigenvalue weighted by Gasteiger charge is 2.31. The standard InChI is InChI=1S/C19H25N3O2/c1-12(2)17-11-21-19(24-17)13-6-8-15(9-7-13)22-18(23)16-5-3-4-14(16)10-20/h6-9,11-12,14,16H,3-5,10,20H2,1-2H3,(H,22,23)/t14-,16-/m1/s1. The van der Waals surface area contributed by atoms with Gasteiger partial charge in [-0.2, -0.15) is 0 Å². The lowest BCUT2D eigenvalue weighted by Crippen LogP contribution is -2.29. The average molecular weight is 327 g/mol. The Kier molecular flexibility index (Phi) is 5.00. The molecule has 1 aliphatic carbocycles. The predicted octanol–water partition coefficient (Wildman–Crippen LogP) is 3.78. The molecular formula is C19H25N3O2. The number of hydrogen-bond acceptors (Lipinski definition) is 4. The molecule has 24 heavy (non-hydrogen) atoms. The summed E-state index contributed by atoms with van der Waals surface area (Å²) >= 11 is 0. The molecule has 1 aromatic heterocycles. The van der Waals surface area contributed by atoms with Gasteiger partial charge >= 0.3 is 0 Å². The Balaban J connectivity index is 1.67. The fraction of sp³-hybridized carbons (Fsp3) is 0.474. The van der Waals surface area contributed by atoms with E-state index in [2.05, 4.69) is 24.1 Å². The lowest BCUT2D eigenvalue weighted by atomic mass is 9.95. The summed E-state index contributed by atoms with van der Waals surface area (Å²) in [7, 11) is 0. The number of amides is 1. The minimum absolute atomic E-state index is 0.0371. The van der Waals surface area contributed by atoms with Crippen molar-refractivity contribution in [2.75, 3.05) is 11.9 Å². The summed E-state index contributed by atoms with van der Waals surface area (Å²) in [5.74, 6) is 2.22. The van der Waals surface area contributed by atoms with Gasteiger partial charge in [-0.25, -0.2) is 4.98 Å². The second kappa shape index (κ2) is 7.18. The highest BCUT2D eigenvalue weighted by molar-refractivity contribution is 5.93. The van der Waals surface area contributed by atoms with Crippen LogP contribution in [0, 0.1) is 11.8 Å². The fourth-order valence-electron chi connectivity index (χ4n) is 3.28. The van der Waals surface area contributed by atoms with Crippen LogP contribution in [0.15, 0.2) is 34.9 Å². The van der Waals surface area contributed by atoms with Crippen molar-refractivity contribution in [2.45, 2.75) is 39.0 Å². The summed E-state index contributed by atoms with van der Waals surface area (Å²) in [5.41, 5.74) is 7.46. The zero-order valence-electron chi connectivity index (χ0n) is 14.3. The molecule has 1 aromatic carbocycles. The molecule has 5 nitrogen and oxygen atoms in total. The maximum Gasteiger partial charge on any atom is 0.227 e. The number of hydrogen-bond donors (Lipinski definition) is 2. The molecule has 1 heterocycles. The number of anilines is 1. The number of carbonyl (C=O) groups excluding carboxylic acids is 1. The van der Waals surface area contributed by atoms with Crippen LogP contribution in [-0.4, -0.2) is 17.4 Å². The van der Waals surface area contributed by atoms with Crippen molar-refractivity contribution in [3.8, 4) is 11.5 Å². The third kappa shape index (κ3) is 3.51. The van der Waals surface area contributed by atoms with E-state index in [0.717, 1.165) is 36.3 Å². The molecule has 1 saturated carbocycles. The summed E-state index contributed by atoms with van der Waals surface area (Å²) in [5, 5.41) is 3.00. The Bertz CT molecular complexity index is 691. The maximum absolute atomic E-state index is 12.4. The number of aromatic nitrogens is 1. The van der Waals surface area contributed by atoms with Gasteiger partial charge in [-0.05, 0) is 49.6 Å². The Labute approximate surface area is 142 Å². The highest BCUT2D eigenvalue weighted by atomic mass is 16.4. The Morgan fingerprint density at radius 3 is 2.71 bits per heavy atom. The first kappa shape index (κ1) is 16.7. The lowest BCUT2D eigenvalue weighted by molar-refractivity contribution is -0.120. The molecule has 0 aliphatic heterocycles. The van der Waals surface area contributed by atoms with Gasteiger partial charge in [-0.3, -0.25) is 4.79 Å². The molecular weight excluding hydrogens is 302 g/mol. The first-order chi connectivity index (χ1) is 11.6. The van der Waals surface area contributed by atoms with E-state index in [1.165, 1.54) is 0 Å². The predicted molar refractivity (Wildman–Crippen MR) is 94.5 cm³/mol. The molecule has 3 N–H and O–H groups in total. The number of nitrogens with two attached hydrogens (primary N) is 1. The summed E-state index contributed by atoms with van der Waals surface area (Å²) in [4.78, 5) is 16.7. The number of nitrogens with zero attached hydrogens (tertiary/aromatic N) is 1. The molecule has 0 spiro atoms. The Morgan fingerprint density at radius 1 is 1.33 bits per heavy atom. The van der Waals surface area contributed by atoms with Gasteiger partial charge in [0.2, 0.25) is 11.8 Å². The number of nitrogens with one attached hydrogen (secondary N) is 1. The van der Waals surface area contributed by atoms with Crippen LogP contribution in [0.2, 0.25) is 0 Å². The van der Waals surface area contributed by atoms with E-state index in [1.54, 1.807) is 6.20 Å². The molecule has 0 saturated heterocycles. The molecule has 128 valence electrons. The average Bonchev–Trinajstić information content (AvgIpc) is 3.24. The normalized spacial score (nSPS) is 20.5. The molecule has 0 radical (unpaired) electrons. The lowest BCUT2D eigenvalue weighted by Gasteiger charge is -2.17. The van der Waals surface area contributed by atoms with Crippen molar-refractivity contribution >= 4 is 11.6 Å². The topological polar surface area (TPSA) is 81.2 Å². The minimum atomic E-state index is 0.0371. The van der Waals surface area contributed by atoms with Gasteiger partial charge < -0.3 is 15.5 Å². The van der Waals surface area contributed by atoms with Crippen LogP contribution in [0.1, 0.15) is 44.8 Å². The Hall–Kier alpha value is -2.14. The van der Waals surface area contributed by atoms with Crippen LogP contribution in [0.25, 0.3) is 11.5 Å². The molecule has 0 unspecified atom stereocenters. The molecule has 1 aliphatic rings. The molecule has 2 aromatic rings. The SMILES string of the molecule is CC(C)c1cnc(-c2ccc(NC(=O)[C@@H]3CCC[C@@H]3CN)cc2)o1. The zero-order chi connectivity index (χ0) is 17.1. The van der Waals surface area contributed by atoms with Crippen molar-refractivity contribution in [1.29, 1.82) is 0 Å². The van der Waals surface area contributed by atoms with Crippen LogP contribution in [0.4, 0.5) is 5.69 Å². The largest absolute Gasteiger partial charge is 0.441 e. The monoisotopic (exact) mass is 327 g/mol. The van der Waals surface area contributed by atoms with E-state index in [9.17, 15) is 4.79 Å².